The Bertz CT molecular complexity index is 3390. The maximum Gasteiger partial charge on any atom is 0.125 e. The minimum atomic E-state index is -0.264. The number of anilines is 3. The van der Waals surface area contributed by atoms with Crippen LogP contribution in [0.1, 0.15) is 23.1 Å². The number of hydrogen-bond acceptors (Lipinski definition) is 2. The van der Waals surface area contributed by atoms with Crippen LogP contribution in [0.25, 0.3) is 71.1 Å². The Morgan fingerprint density at radius 1 is 0.448 bits per heavy atom. The molecule has 11 aromatic rings. The Morgan fingerprint density at radius 3 is 1.88 bits per heavy atom. The van der Waals surface area contributed by atoms with Gasteiger partial charge in [0.05, 0.1) is 34.3 Å². The van der Waals surface area contributed by atoms with E-state index in [0.29, 0.717) is 6.61 Å². The maximum atomic E-state index is 6.71. The van der Waals surface area contributed by atoms with Crippen LogP contribution in [0.3, 0.4) is 0 Å². The number of rotatable bonds is 4. The molecule has 272 valence electrons. The molecule has 0 N–H and O–H groups in total. The van der Waals surface area contributed by atoms with Crippen LogP contribution in [-0.2, 0) is 5.41 Å². The molecule has 0 unspecified atom stereocenters. The first-order valence-electron chi connectivity index (χ1n) is 20.3. The molecule has 1 aliphatic carbocycles. The molecule has 3 nitrogen and oxygen atoms in total. The molecule has 0 atom stereocenters. The molecular formula is C55H36N2O. The molecule has 2 aliphatic rings. The van der Waals surface area contributed by atoms with E-state index in [1.807, 2.05) is 0 Å². The van der Waals surface area contributed by atoms with Crippen molar-refractivity contribution in [2.24, 2.45) is 0 Å². The number of benzene rings is 9. The zero-order valence-corrected chi connectivity index (χ0v) is 31.7. The van der Waals surface area contributed by atoms with E-state index < -0.39 is 0 Å². The first-order chi connectivity index (χ1) is 28.8. The highest BCUT2D eigenvalue weighted by molar-refractivity contribution is 6.28. The lowest BCUT2D eigenvalue weighted by molar-refractivity contribution is 0.254. The van der Waals surface area contributed by atoms with Gasteiger partial charge < -0.3 is 14.0 Å². The summed E-state index contributed by atoms with van der Waals surface area (Å²) in [5.41, 5.74) is 15.8. The lowest BCUT2D eigenvalue weighted by Crippen LogP contribution is -2.33. The van der Waals surface area contributed by atoms with Gasteiger partial charge in [0.15, 0.2) is 0 Å². The second kappa shape index (κ2) is 11.8. The van der Waals surface area contributed by atoms with Crippen molar-refractivity contribution in [3.05, 3.63) is 211 Å². The normalized spacial score (nSPS) is 14.0. The Labute approximate surface area is 335 Å². The van der Waals surface area contributed by atoms with E-state index in [9.17, 15) is 0 Å². The van der Waals surface area contributed by atoms with Gasteiger partial charge in [-0.2, -0.15) is 0 Å². The summed E-state index contributed by atoms with van der Waals surface area (Å²) < 4.78 is 9.19. The van der Waals surface area contributed by atoms with E-state index in [4.69, 9.17) is 4.74 Å². The van der Waals surface area contributed by atoms with Crippen LogP contribution in [0.15, 0.2) is 194 Å². The number of fused-ring (bicyclic) bond motifs is 12. The van der Waals surface area contributed by atoms with E-state index in [-0.39, 0.29) is 5.41 Å². The molecule has 0 saturated heterocycles. The quantitative estimate of drug-likeness (QED) is 0.132. The topological polar surface area (TPSA) is 16.9 Å². The fraction of sp³-hybridized carbons (Fsp3) is 0.0545. The molecular weight excluding hydrogens is 705 g/mol. The Kier molecular flexibility index (Phi) is 6.49. The first kappa shape index (κ1) is 31.8. The Hall–Kier alpha value is -7.36. The molecule has 0 amide bonds. The fourth-order valence-corrected chi connectivity index (χ4v) is 10.8. The second-order valence-electron chi connectivity index (χ2n) is 15.9. The average Bonchev–Trinajstić information content (AvgIpc) is 3.78. The molecule has 3 heteroatoms. The lowest BCUT2D eigenvalue weighted by atomic mass is 9.69. The molecule has 3 heterocycles. The summed E-state index contributed by atoms with van der Waals surface area (Å²) in [6, 6.07) is 71.6. The van der Waals surface area contributed by atoms with Crippen molar-refractivity contribution in [1.82, 2.24) is 4.40 Å². The SMILES string of the molecule is c1ccc(-c2ccc(N(c3ccc4c(c3)OCCC43c4ccccc4-c4ccccc43)c3ccc4c5cccc6c7ccccc7n(c7cccc3c47)c56)cc2)cc1. The van der Waals surface area contributed by atoms with Gasteiger partial charge in [-0.1, -0.05) is 152 Å². The summed E-state index contributed by atoms with van der Waals surface area (Å²) in [7, 11) is 0. The van der Waals surface area contributed by atoms with Gasteiger partial charge in [0.2, 0.25) is 0 Å². The van der Waals surface area contributed by atoms with E-state index in [1.165, 1.54) is 87.8 Å². The highest BCUT2D eigenvalue weighted by Gasteiger charge is 2.47. The lowest BCUT2D eigenvalue weighted by Gasteiger charge is -2.38. The summed E-state index contributed by atoms with van der Waals surface area (Å²) in [5.74, 6) is 0.944. The molecule has 1 aliphatic heterocycles. The summed E-state index contributed by atoms with van der Waals surface area (Å²) in [5, 5.41) is 7.58. The van der Waals surface area contributed by atoms with Crippen LogP contribution >= 0.6 is 0 Å². The van der Waals surface area contributed by atoms with Crippen molar-refractivity contribution in [1.29, 1.82) is 0 Å². The van der Waals surface area contributed by atoms with Crippen molar-refractivity contribution in [3.8, 4) is 28.0 Å². The zero-order chi connectivity index (χ0) is 38.0. The molecule has 0 radical (unpaired) electrons. The minimum absolute atomic E-state index is 0.264. The van der Waals surface area contributed by atoms with Crippen LogP contribution < -0.4 is 9.64 Å². The van der Waals surface area contributed by atoms with Crippen molar-refractivity contribution in [2.75, 3.05) is 11.5 Å². The number of ether oxygens (including phenoxy) is 1. The molecule has 9 aromatic carbocycles. The molecule has 1 spiro atoms. The monoisotopic (exact) mass is 740 g/mol. The van der Waals surface area contributed by atoms with Gasteiger partial charge in [-0.3, -0.25) is 0 Å². The van der Waals surface area contributed by atoms with Crippen LogP contribution in [0, 0.1) is 0 Å². The van der Waals surface area contributed by atoms with Gasteiger partial charge in [-0.15, -0.1) is 0 Å². The molecule has 2 aromatic heterocycles. The Morgan fingerprint density at radius 2 is 1.07 bits per heavy atom. The standard InChI is InChI=1S/C55H36N2O/c1-2-12-35(13-3-1)36-24-26-37(27-25-36)56(38-28-30-48-52(34-38)58-33-32-55(48)46-20-7-4-14-39(46)40-15-5-8-21-47(40)55)50-31-29-42-44-18-10-17-43-41-16-6-9-22-49(41)57(54(43)44)51-23-11-19-45(50)53(42)51/h1-31,34H,32-33H2. The van der Waals surface area contributed by atoms with Gasteiger partial charge in [0.1, 0.15) is 5.75 Å². The van der Waals surface area contributed by atoms with Gasteiger partial charge in [0.25, 0.3) is 0 Å². The number of pyridine rings is 1. The fourth-order valence-electron chi connectivity index (χ4n) is 10.8. The summed E-state index contributed by atoms with van der Waals surface area (Å²) >= 11 is 0. The smallest absolute Gasteiger partial charge is 0.125 e. The van der Waals surface area contributed by atoms with E-state index in [0.717, 1.165) is 29.2 Å². The van der Waals surface area contributed by atoms with Crippen LogP contribution in [0.2, 0.25) is 0 Å². The second-order valence-corrected chi connectivity index (χ2v) is 15.9. The first-order valence-corrected chi connectivity index (χ1v) is 20.3. The molecule has 13 rings (SSSR count). The van der Waals surface area contributed by atoms with Crippen LogP contribution in [0.4, 0.5) is 17.1 Å². The average molecular weight is 741 g/mol. The molecule has 58 heavy (non-hydrogen) atoms. The third-order valence-electron chi connectivity index (χ3n) is 13.2. The molecule has 0 bridgehead atoms. The Balaban J connectivity index is 1.06. The third-order valence-corrected chi connectivity index (χ3v) is 13.2. The van der Waals surface area contributed by atoms with Crippen LogP contribution in [-0.4, -0.2) is 11.0 Å². The largest absolute Gasteiger partial charge is 0.493 e. The number of aromatic nitrogens is 1. The summed E-state index contributed by atoms with van der Waals surface area (Å²) in [6.07, 6.45) is 0.899. The van der Waals surface area contributed by atoms with Gasteiger partial charge in [0, 0.05) is 49.9 Å². The van der Waals surface area contributed by atoms with E-state index in [1.54, 1.807) is 0 Å². The van der Waals surface area contributed by atoms with Crippen molar-refractivity contribution >= 4 is 65.9 Å². The van der Waals surface area contributed by atoms with Gasteiger partial charge >= 0.3 is 0 Å². The van der Waals surface area contributed by atoms with Crippen molar-refractivity contribution < 1.29 is 4.74 Å². The highest BCUT2D eigenvalue weighted by atomic mass is 16.5. The van der Waals surface area contributed by atoms with Gasteiger partial charge in [-0.25, -0.2) is 0 Å². The third kappa shape index (κ3) is 4.17. The zero-order valence-electron chi connectivity index (χ0n) is 31.7. The van der Waals surface area contributed by atoms with Crippen molar-refractivity contribution in [2.45, 2.75) is 11.8 Å². The van der Waals surface area contributed by atoms with E-state index >= 15 is 0 Å². The number of hydrogen-bond donors (Lipinski definition) is 0. The van der Waals surface area contributed by atoms with Crippen molar-refractivity contribution in [3.63, 3.8) is 0 Å². The van der Waals surface area contributed by atoms with E-state index in [2.05, 4.69) is 203 Å². The summed E-state index contributed by atoms with van der Waals surface area (Å²) in [4.78, 5) is 2.43. The van der Waals surface area contributed by atoms with Gasteiger partial charge in [-0.05, 0) is 81.6 Å². The maximum absolute atomic E-state index is 6.71. The highest BCUT2D eigenvalue weighted by Crippen LogP contribution is 2.58. The number of nitrogens with zero attached hydrogens (tertiary/aromatic N) is 2. The summed E-state index contributed by atoms with van der Waals surface area (Å²) in [6.45, 7) is 0.643. The molecule has 0 saturated carbocycles. The minimum Gasteiger partial charge on any atom is -0.493 e. The van der Waals surface area contributed by atoms with Crippen LogP contribution in [0.5, 0.6) is 5.75 Å². The predicted molar refractivity (Wildman–Crippen MR) is 241 cm³/mol. The molecule has 0 fully saturated rings. The number of para-hydroxylation sites is 2. The predicted octanol–water partition coefficient (Wildman–Crippen LogP) is 14.2.